The molecule has 0 unspecified atom stereocenters. The van der Waals surface area contributed by atoms with E-state index in [1.807, 2.05) is 30.3 Å². The smallest absolute Gasteiger partial charge is 0.153 e. The van der Waals surface area contributed by atoms with Gasteiger partial charge in [0.05, 0.1) is 5.52 Å². The van der Waals surface area contributed by atoms with Crippen molar-refractivity contribution in [1.82, 2.24) is 9.55 Å². The van der Waals surface area contributed by atoms with Gasteiger partial charge >= 0.3 is 0 Å². The van der Waals surface area contributed by atoms with Crippen molar-refractivity contribution in [2.75, 3.05) is 5.88 Å². The van der Waals surface area contributed by atoms with Gasteiger partial charge in [-0.1, -0.05) is 18.2 Å². The van der Waals surface area contributed by atoms with Crippen LogP contribution < -0.4 is 0 Å². The van der Waals surface area contributed by atoms with E-state index < -0.39 is 11.6 Å². The van der Waals surface area contributed by atoms with E-state index in [0.717, 1.165) is 11.8 Å². The summed E-state index contributed by atoms with van der Waals surface area (Å²) in [7, 11) is 0. The van der Waals surface area contributed by atoms with Crippen LogP contribution in [-0.4, -0.2) is 15.4 Å². The molecule has 2 aromatic carbocycles. The molecule has 0 radical (unpaired) electrons. The summed E-state index contributed by atoms with van der Waals surface area (Å²) in [5.74, 6) is -0.305. The van der Waals surface area contributed by atoms with Gasteiger partial charge in [-0.05, 0) is 12.1 Å². The minimum Gasteiger partial charge on any atom is -0.296 e. The molecule has 0 amide bonds. The molecule has 2 nitrogen and oxygen atoms in total. The van der Waals surface area contributed by atoms with E-state index >= 15 is 0 Å². The van der Waals surface area contributed by atoms with Gasteiger partial charge in [-0.25, -0.2) is 13.8 Å². The summed E-state index contributed by atoms with van der Waals surface area (Å²) in [6, 6.07) is 11.5. The molecule has 5 heteroatoms. The first-order valence-corrected chi connectivity index (χ1v) is 6.72. The Morgan fingerprint density at radius 2 is 1.85 bits per heavy atom. The largest absolute Gasteiger partial charge is 0.296 e. The summed E-state index contributed by atoms with van der Waals surface area (Å²) in [6.45, 7) is 0. The van der Waals surface area contributed by atoms with Gasteiger partial charge in [0, 0.05) is 30.1 Å². The number of para-hydroxylation sites is 1. The molecule has 1 heterocycles. The van der Waals surface area contributed by atoms with Gasteiger partial charge in [0.25, 0.3) is 0 Å². The second kappa shape index (κ2) is 5.21. The van der Waals surface area contributed by atoms with E-state index in [0.29, 0.717) is 23.6 Å². The second-order valence-electron chi connectivity index (χ2n) is 4.39. The zero-order valence-corrected chi connectivity index (χ0v) is 11.2. The van der Waals surface area contributed by atoms with E-state index in [4.69, 9.17) is 11.6 Å². The number of hydrogen-bond acceptors (Lipinski definition) is 1. The fourth-order valence-corrected chi connectivity index (χ4v) is 2.44. The Bertz CT molecular complexity index is 753. The quantitative estimate of drug-likeness (QED) is 0.665. The molecule has 3 rings (SSSR count). The maximum atomic E-state index is 13.8. The molecule has 0 spiro atoms. The minimum atomic E-state index is -0.662. The predicted octanol–water partition coefficient (Wildman–Crippen LogP) is 4.09. The van der Waals surface area contributed by atoms with Crippen molar-refractivity contribution in [3.8, 4) is 5.69 Å². The summed E-state index contributed by atoms with van der Waals surface area (Å²) in [5, 5.41) is 0. The Hall–Kier alpha value is -1.94. The van der Waals surface area contributed by atoms with Crippen LogP contribution in [0, 0.1) is 11.6 Å². The van der Waals surface area contributed by atoms with E-state index in [9.17, 15) is 8.78 Å². The van der Waals surface area contributed by atoms with Gasteiger partial charge < -0.3 is 0 Å². The fourth-order valence-electron chi connectivity index (χ4n) is 2.27. The van der Waals surface area contributed by atoms with Crippen LogP contribution in [0.3, 0.4) is 0 Å². The first-order chi connectivity index (χ1) is 9.70. The summed E-state index contributed by atoms with van der Waals surface area (Å²) in [4.78, 5) is 4.26. The monoisotopic (exact) mass is 292 g/mol. The molecule has 0 aliphatic heterocycles. The lowest BCUT2D eigenvalue weighted by molar-refractivity contribution is 0.590. The lowest BCUT2D eigenvalue weighted by atomic mass is 10.2. The summed E-state index contributed by atoms with van der Waals surface area (Å²) < 4.78 is 29.1. The lowest BCUT2D eigenvalue weighted by Crippen LogP contribution is -2.02. The van der Waals surface area contributed by atoms with Gasteiger partial charge in [0.1, 0.15) is 17.2 Å². The molecule has 0 saturated carbocycles. The van der Waals surface area contributed by atoms with Crippen molar-refractivity contribution < 1.29 is 8.78 Å². The number of benzene rings is 2. The highest BCUT2D eigenvalue weighted by Gasteiger charge is 2.16. The molecule has 0 fully saturated rings. The number of imidazole rings is 1. The first kappa shape index (κ1) is 13.1. The molecule has 102 valence electrons. The van der Waals surface area contributed by atoms with Crippen LogP contribution in [0.15, 0.2) is 42.5 Å². The van der Waals surface area contributed by atoms with Gasteiger partial charge in [-0.3, -0.25) is 4.57 Å². The van der Waals surface area contributed by atoms with Crippen LogP contribution in [0.2, 0.25) is 0 Å². The Kier molecular flexibility index (Phi) is 3.40. The maximum Gasteiger partial charge on any atom is 0.153 e. The molecule has 0 aliphatic rings. The molecule has 3 aromatic rings. The number of aromatic nitrogens is 2. The number of alkyl halides is 1. The van der Waals surface area contributed by atoms with Crippen molar-refractivity contribution >= 4 is 22.6 Å². The normalized spacial score (nSPS) is 11.2. The maximum absolute atomic E-state index is 13.8. The van der Waals surface area contributed by atoms with Crippen molar-refractivity contribution in [3.05, 3.63) is 59.9 Å². The second-order valence-corrected chi connectivity index (χ2v) is 4.77. The van der Waals surface area contributed by atoms with Crippen molar-refractivity contribution in [2.24, 2.45) is 0 Å². The molecule has 0 aliphatic carbocycles. The van der Waals surface area contributed by atoms with E-state index in [1.165, 1.54) is 6.07 Å². The zero-order chi connectivity index (χ0) is 14.1. The van der Waals surface area contributed by atoms with Crippen molar-refractivity contribution in [1.29, 1.82) is 0 Å². The van der Waals surface area contributed by atoms with Gasteiger partial charge in [-0.2, -0.15) is 0 Å². The topological polar surface area (TPSA) is 17.8 Å². The first-order valence-electron chi connectivity index (χ1n) is 6.18. The molecule has 0 saturated heterocycles. The van der Waals surface area contributed by atoms with Crippen LogP contribution in [0.1, 0.15) is 5.82 Å². The molecule has 0 N–H and O–H groups in total. The van der Waals surface area contributed by atoms with Crippen LogP contribution in [0.4, 0.5) is 8.78 Å². The lowest BCUT2D eigenvalue weighted by Gasteiger charge is -2.08. The van der Waals surface area contributed by atoms with E-state index in [2.05, 4.69) is 4.98 Å². The molecule has 1 aromatic heterocycles. The summed E-state index contributed by atoms with van der Waals surface area (Å²) in [6.07, 6.45) is 0.478. The minimum absolute atomic E-state index is 0.162. The average Bonchev–Trinajstić information content (AvgIpc) is 2.79. The molecule has 20 heavy (non-hydrogen) atoms. The van der Waals surface area contributed by atoms with Gasteiger partial charge in [-0.15, -0.1) is 11.6 Å². The number of fused-ring (bicyclic) bond motifs is 1. The molecular formula is C15H11ClF2N2. The number of halogens is 3. The average molecular weight is 293 g/mol. The van der Waals surface area contributed by atoms with Crippen LogP contribution in [-0.2, 0) is 6.42 Å². The third-order valence-electron chi connectivity index (χ3n) is 3.08. The highest BCUT2D eigenvalue weighted by atomic mass is 35.5. The Balaban J connectivity index is 2.35. The molecular weight excluding hydrogens is 282 g/mol. The number of rotatable bonds is 3. The Morgan fingerprint density at radius 3 is 2.55 bits per heavy atom. The third-order valence-corrected chi connectivity index (χ3v) is 3.27. The standard InChI is InChI=1S/C15H11ClF2N2/c16-7-6-14-19-15-12(18)8-10(17)9-13(15)20(14)11-4-2-1-3-5-11/h1-5,8-9H,6-7H2. The summed E-state index contributed by atoms with van der Waals surface area (Å²) in [5.41, 5.74) is 1.38. The number of hydrogen-bond donors (Lipinski definition) is 0. The van der Waals surface area contributed by atoms with Gasteiger partial charge in [0.2, 0.25) is 0 Å². The Morgan fingerprint density at radius 1 is 1.10 bits per heavy atom. The highest BCUT2D eigenvalue weighted by molar-refractivity contribution is 6.17. The summed E-state index contributed by atoms with van der Waals surface area (Å²) >= 11 is 5.77. The SMILES string of the molecule is Fc1cc(F)c2nc(CCCl)n(-c3ccccc3)c2c1. The number of aryl methyl sites for hydroxylation is 1. The zero-order valence-electron chi connectivity index (χ0n) is 10.5. The van der Waals surface area contributed by atoms with E-state index in [-0.39, 0.29) is 5.52 Å². The van der Waals surface area contributed by atoms with Crippen LogP contribution in [0.25, 0.3) is 16.7 Å². The van der Waals surface area contributed by atoms with Crippen molar-refractivity contribution in [3.63, 3.8) is 0 Å². The van der Waals surface area contributed by atoms with Gasteiger partial charge in [0.15, 0.2) is 5.82 Å². The fraction of sp³-hybridized carbons (Fsp3) is 0.133. The molecule has 0 atom stereocenters. The van der Waals surface area contributed by atoms with Crippen LogP contribution in [0.5, 0.6) is 0 Å². The highest BCUT2D eigenvalue weighted by Crippen LogP contribution is 2.25. The van der Waals surface area contributed by atoms with E-state index in [1.54, 1.807) is 4.57 Å². The number of nitrogens with zero attached hydrogens (tertiary/aromatic N) is 2. The predicted molar refractivity (Wildman–Crippen MR) is 75.4 cm³/mol. The molecule has 0 bridgehead atoms. The van der Waals surface area contributed by atoms with Crippen LogP contribution >= 0.6 is 11.6 Å². The third kappa shape index (κ3) is 2.16. The van der Waals surface area contributed by atoms with Crippen molar-refractivity contribution in [2.45, 2.75) is 6.42 Å². The Labute approximate surface area is 119 Å².